The Morgan fingerprint density at radius 1 is 1.26 bits per heavy atom. The minimum atomic E-state index is -3.14. The van der Waals surface area contributed by atoms with Crippen LogP contribution >= 0.6 is 15.9 Å². The van der Waals surface area contributed by atoms with E-state index in [2.05, 4.69) is 15.9 Å². The third kappa shape index (κ3) is 4.78. The highest BCUT2D eigenvalue weighted by Crippen LogP contribution is 2.22. The fourth-order valence-electron chi connectivity index (χ4n) is 2.82. The van der Waals surface area contributed by atoms with Crippen LogP contribution < -0.4 is 0 Å². The molecule has 0 unspecified atom stereocenters. The second-order valence-electron chi connectivity index (χ2n) is 5.89. The molecular weight excluding hydrogens is 380 g/mol. The van der Waals surface area contributed by atoms with E-state index in [0.29, 0.717) is 32.5 Å². The quantitative estimate of drug-likeness (QED) is 0.759. The molecule has 1 saturated heterocycles. The topological polar surface area (TPSA) is 57.7 Å². The molecule has 1 aromatic rings. The molecule has 1 aliphatic heterocycles. The first-order valence-electron chi connectivity index (χ1n) is 7.80. The largest absolute Gasteiger partial charge is 0.341 e. The molecule has 0 atom stereocenters. The molecule has 5 nitrogen and oxygen atoms in total. The van der Waals surface area contributed by atoms with Crippen molar-refractivity contribution in [3.63, 3.8) is 0 Å². The van der Waals surface area contributed by atoms with Crippen molar-refractivity contribution < 1.29 is 13.2 Å². The molecule has 0 spiro atoms. The van der Waals surface area contributed by atoms with Crippen LogP contribution in [0, 0.1) is 5.92 Å². The predicted octanol–water partition coefficient (Wildman–Crippen LogP) is 2.47. The van der Waals surface area contributed by atoms with Crippen LogP contribution in [0.5, 0.6) is 0 Å². The number of carbonyl (C=O) groups excluding carboxylic acids is 1. The Morgan fingerprint density at radius 3 is 2.35 bits per heavy atom. The molecule has 0 aromatic heterocycles. The van der Waals surface area contributed by atoms with Gasteiger partial charge in [-0.05, 0) is 37.5 Å². The average molecular weight is 403 g/mol. The summed E-state index contributed by atoms with van der Waals surface area (Å²) in [5.74, 6) is 0.134. The Balaban J connectivity index is 1.90. The van der Waals surface area contributed by atoms with Crippen molar-refractivity contribution in [1.29, 1.82) is 0 Å². The van der Waals surface area contributed by atoms with Gasteiger partial charge in [-0.2, -0.15) is 0 Å². The highest BCUT2D eigenvalue weighted by molar-refractivity contribution is 9.10. The van der Waals surface area contributed by atoms with Gasteiger partial charge < -0.3 is 4.90 Å². The number of piperidine rings is 1. The smallest absolute Gasteiger partial charge is 0.225 e. The van der Waals surface area contributed by atoms with Crippen molar-refractivity contribution >= 4 is 31.9 Å². The highest BCUT2D eigenvalue weighted by atomic mass is 79.9. The average Bonchev–Trinajstić information content (AvgIpc) is 2.56. The van der Waals surface area contributed by atoms with Gasteiger partial charge in [-0.15, -0.1) is 0 Å². The molecule has 0 radical (unpaired) electrons. The third-order valence-electron chi connectivity index (χ3n) is 4.27. The van der Waals surface area contributed by atoms with E-state index in [1.54, 1.807) is 18.9 Å². The van der Waals surface area contributed by atoms with Crippen molar-refractivity contribution in [2.45, 2.75) is 26.3 Å². The fraction of sp³-hybridized carbons (Fsp3) is 0.562. The van der Waals surface area contributed by atoms with Gasteiger partial charge in [0.1, 0.15) is 0 Å². The summed E-state index contributed by atoms with van der Waals surface area (Å²) >= 11 is 3.40. The molecule has 0 N–H and O–H groups in total. The number of sulfonamides is 1. The maximum Gasteiger partial charge on any atom is 0.225 e. The molecule has 1 aliphatic rings. The van der Waals surface area contributed by atoms with Crippen molar-refractivity contribution in [2.24, 2.45) is 5.92 Å². The molecule has 7 heteroatoms. The van der Waals surface area contributed by atoms with E-state index in [1.807, 2.05) is 24.3 Å². The highest BCUT2D eigenvalue weighted by Gasteiger charge is 2.31. The van der Waals surface area contributed by atoms with E-state index in [9.17, 15) is 13.2 Å². The van der Waals surface area contributed by atoms with Crippen LogP contribution in [0.15, 0.2) is 28.7 Å². The lowest BCUT2D eigenvalue weighted by molar-refractivity contribution is -0.135. The van der Waals surface area contributed by atoms with E-state index in [-0.39, 0.29) is 17.6 Å². The van der Waals surface area contributed by atoms with Gasteiger partial charge >= 0.3 is 0 Å². The lowest BCUT2D eigenvalue weighted by Crippen LogP contribution is -2.43. The lowest BCUT2D eigenvalue weighted by Gasteiger charge is -2.32. The SMILES string of the molecule is CCS(=O)(=O)N1CCC(C(=O)N(C)Cc2ccc(Br)cc2)CC1. The molecule has 0 aliphatic carbocycles. The van der Waals surface area contributed by atoms with Crippen molar-refractivity contribution in [3.05, 3.63) is 34.3 Å². The monoisotopic (exact) mass is 402 g/mol. The number of benzene rings is 1. The van der Waals surface area contributed by atoms with Crippen LogP contribution in [0.1, 0.15) is 25.3 Å². The molecular formula is C16H23BrN2O3S. The maximum absolute atomic E-state index is 12.5. The van der Waals surface area contributed by atoms with Gasteiger partial charge in [0.15, 0.2) is 0 Å². The molecule has 0 bridgehead atoms. The summed E-state index contributed by atoms with van der Waals surface area (Å²) < 4.78 is 26.2. The summed E-state index contributed by atoms with van der Waals surface area (Å²) in [6.45, 7) is 3.11. The molecule has 0 saturated carbocycles. The Kier molecular flexibility index (Phi) is 6.22. The number of rotatable bonds is 5. The molecule has 1 fully saturated rings. The zero-order valence-corrected chi connectivity index (χ0v) is 15.9. The maximum atomic E-state index is 12.5. The molecule has 1 heterocycles. The standard InChI is InChI=1S/C16H23BrN2O3S/c1-3-23(21,22)19-10-8-14(9-11-19)16(20)18(2)12-13-4-6-15(17)7-5-13/h4-7,14H,3,8-12H2,1-2H3. The Morgan fingerprint density at radius 2 is 1.83 bits per heavy atom. The molecule has 23 heavy (non-hydrogen) atoms. The fourth-order valence-corrected chi connectivity index (χ4v) is 4.21. The van der Waals surface area contributed by atoms with Crippen LogP contribution in [0.2, 0.25) is 0 Å². The van der Waals surface area contributed by atoms with Gasteiger partial charge in [-0.3, -0.25) is 4.79 Å². The van der Waals surface area contributed by atoms with Gasteiger partial charge in [-0.25, -0.2) is 12.7 Å². The Hall–Kier alpha value is -0.920. The van der Waals surface area contributed by atoms with Crippen LogP contribution in [0.25, 0.3) is 0 Å². The minimum Gasteiger partial charge on any atom is -0.341 e. The van der Waals surface area contributed by atoms with Gasteiger partial charge in [0.2, 0.25) is 15.9 Å². The summed E-state index contributed by atoms with van der Waals surface area (Å²) in [4.78, 5) is 14.3. The zero-order valence-electron chi connectivity index (χ0n) is 13.5. The third-order valence-corrected chi connectivity index (χ3v) is 6.68. The number of halogens is 1. The molecule has 2 rings (SSSR count). The summed E-state index contributed by atoms with van der Waals surface area (Å²) in [7, 11) is -1.33. The van der Waals surface area contributed by atoms with E-state index in [4.69, 9.17) is 0 Å². The van der Waals surface area contributed by atoms with Gasteiger partial charge in [0.05, 0.1) is 5.75 Å². The summed E-state index contributed by atoms with van der Waals surface area (Å²) in [5.41, 5.74) is 1.08. The number of hydrogen-bond acceptors (Lipinski definition) is 3. The zero-order chi connectivity index (χ0) is 17.0. The number of amides is 1. The predicted molar refractivity (Wildman–Crippen MR) is 94.4 cm³/mol. The van der Waals surface area contributed by atoms with Crippen molar-refractivity contribution in [3.8, 4) is 0 Å². The Bertz CT molecular complexity index is 638. The van der Waals surface area contributed by atoms with Crippen molar-refractivity contribution in [1.82, 2.24) is 9.21 Å². The molecule has 128 valence electrons. The number of nitrogens with zero attached hydrogens (tertiary/aromatic N) is 2. The number of carbonyl (C=O) groups is 1. The van der Waals surface area contributed by atoms with Gasteiger partial charge in [-0.1, -0.05) is 28.1 Å². The molecule has 1 amide bonds. The first-order valence-corrected chi connectivity index (χ1v) is 10.2. The van der Waals surface area contributed by atoms with E-state index in [0.717, 1.165) is 10.0 Å². The van der Waals surface area contributed by atoms with Crippen LogP contribution in [-0.4, -0.2) is 49.4 Å². The summed E-state index contributed by atoms with van der Waals surface area (Å²) in [6.07, 6.45) is 1.20. The van der Waals surface area contributed by atoms with Crippen molar-refractivity contribution in [2.75, 3.05) is 25.9 Å². The first kappa shape index (κ1) is 18.4. The first-order chi connectivity index (χ1) is 10.8. The van der Waals surface area contributed by atoms with Gasteiger partial charge in [0.25, 0.3) is 0 Å². The summed E-state index contributed by atoms with van der Waals surface area (Å²) in [6, 6.07) is 7.90. The van der Waals surface area contributed by atoms with E-state index < -0.39 is 10.0 Å². The minimum absolute atomic E-state index is 0.0845. The van der Waals surface area contributed by atoms with E-state index in [1.165, 1.54) is 4.31 Å². The Labute approximate surface area is 146 Å². The van der Waals surface area contributed by atoms with E-state index >= 15 is 0 Å². The second kappa shape index (κ2) is 7.77. The summed E-state index contributed by atoms with van der Waals surface area (Å²) in [5, 5.41) is 0. The van der Waals surface area contributed by atoms with Crippen LogP contribution in [0.3, 0.4) is 0 Å². The normalized spacial score (nSPS) is 17.2. The molecule has 1 aromatic carbocycles. The van der Waals surface area contributed by atoms with Crippen LogP contribution in [0.4, 0.5) is 0 Å². The van der Waals surface area contributed by atoms with Crippen LogP contribution in [-0.2, 0) is 21.4 Å². The second-order valence-corrected chi connectivity index (χ2v) is 9.07. The van der Waals surface area contributed by atoms with Gasteiger partial charge in [0, 0.05) is 37.1 Å². The number of hydrogen-bond donors (Lipinski definition) is 0. The lowest BCUT2D eigenvalue weighted by atomic mass is 9.96.